The third-order valence-electron chi connectivity index (χ3n) is 3.12. The minimum absolute atomic E-state index is 0.139. The van der Waals surface area contributed by atoms with Gasteiger partial charge in [-0.15, -0.1) is 0 Å². The zero-order chi connectivity index (χ0) is 13.0. The van der Waals surface area contributed by atoms with Crippen molar-refractivity contribution in [1.82, 2.24) is 10.2 Å². The number of rotatable bonds is 3. The van der Waals surface area contributed by atoms with E-state index in [-0.39, 0.29) is 6.10 Å². The lowest BCUT2D eigenvalue weighted by Gasteiger charge is -2.34. The van der Waals surface area contributed by atoms with Crippen LogP contribution in [0.5, 0.6) is 0 Å². The van der Waals surface area contributed by atoms with Crippen molar-refractivity contribution in [3.63, 3.8) is 0 Å². The van der Waals surface area contributed by atoms with Crippen molar-refractivity contribution in [2.75, 3.05) is 14.1 Å². The lowest BCUT2D eigenvalue weighted by Crippen LogP contribution is -2.50. The van der Waals surface area contributed by atoms with E-state index in [1.54, 1.807) is 0 Å². The topological polar surface area (TPSA) is 47.9 Å². The Kier molecular flexibility index (Phi) is 4.20. The first-order chi connectivity index (χ1) is 8.65. The highest BCUT2D eigenvalue weighted by molar-refractivity contribution is 5.79. The summed E-state index contributed by atoms with van der Waals surface area (Å²) in [6.45, 7) is 0.677. The summed E-state index contributed by atoms with van der Waals surface area (Å²) in [5, 5.41) is 12.7. The maximum Gasteiger partial charge on any atom is 0.193 e. The molecule has 0 aliphatic heterocycles. The standard InChI is InChI=1S/C14H21N3O/c1-17(2)14(16-12-8-13(18)9-12)15-10-11-6-4-3-5-7-11/h3-7,12-13,18H,8-10H2,1-2H3,(H,15,16). The van der Waals surface area contributed by atoms with Crippen LogP contribution < -0.4 is 5.32 Å². The molecule has 0 bridgehead atoms. The summed E-state index contributed by atoms with van der Waals surface area (Å²) in [5.74, 6) is 0.885. The molecule has 98 valence electrons. The molecule has 1 aliphatic carbocycles. The summed E-state index contributed by atoms with van der Waals surface area (Å²) in [7, 11) is 3.96. The van der Waals surface area contributed by atoms with Gasteiger partial charge in [0.1, 0.15) is 0 Å². The van der Waals surface area contributed by atoms with Crippen LogP contribution >= 0.6 is 0 Å². The zero-order valence-corrected chi connectivity index (χ0v) is 11.0. The molecule has 0 aromatic heterocycles. The Morgan fingerprint density at radius 2 is 2.00 bits per heavy atom. The Labute approximate surface area is 108 Å². The molecule has 0 heterocycles. The van der Waals surface area contributed by atoms with Gasteiger partial charge in [0.25, 0.3) is 0 Å². The van der Waals surface area contributed by atoms with E-state index in [4.69, 9.17) is 0 Å². The fourth-order valence-electron chi connectivity index (χ4n) is 1.95. The van der Waals surface area contributed by atoms with Crippen LogP contribution in [-0.4, -0.2) is 42.2 Å². The molecule has 1 aromatic carbocycles. The number of hydrogen-bond donors (Lipinski definition) is 2. The molecule has 0 unspecified atom stereocenters. The molecule has 0 radical (unpaired) electrons. The van der Waals surface area contributed by atoms with Crippen LogP contribution in [0.1, 0.15) is 18.4 Å². The molecular weight excluding hydrogens is 226 g/mol. The fraction of sp³-hybridized carbons (Fsp3) is 0.500. The highest BCUT2D eigenvalue weighted by atomic mass is 16.3. The molecule has 0 spiro atoms. The second-order valence-corrected chi connectivity index (χ2v) is 4.99. The fourth-order valence-corrected chi connectivity index (χ4v) is 1.95. The van der Waals surface area contributed by atoms with Gasteiger partial charge in [0.2, 0.25) is 0 Å². The minimum Gasteiger partial charge on any atom is -0.393 e. The molecule has 2 rings (SSSR count). The Bertz CT molecular complexity index is 397. The Balaban J connectivity index is 1.92. The van der Waals surface area contributed by atoms with E-state index < -0.39 is 0 Å². The maximum absolute atomic E-state index is 9.28. The van der Waals surface area contributed by atoms with Crippen LogP contribution in [0.2, 0.25) is 0 Å². The molecule has 0 atom stereocenters. The smallest absolute Gasteiger partial charge is 0.193 e. The summed E-state index contributed by atoms with van der Waals surface area (Å²) >= 11 is 0. The van der Waals surface area contributed by atoms with Crippen LogP contribution in [0.15, 0.2) is 35.3 Å². The monoisotopic (exact) mass is 247 g/mol. The molecule has 18 heavy (non-hydrogen) atoms. The lowest BCUT2D eigenvalue weighted by atomic mass is 9.90. The van der Waals surface area contributed by atoms with Crippen LogP contribution in [0.25, 0.3) is 0 Å². The Hall–Kier alpha value is -1.55. The summed E-state index contributed by atoms with van der Waals surface area (Å²) in [6.07, 6.45) is 1.50. The second kappa shape index (κ2) is 5.87. The van der Waals surface area contributed by atoms with Crippen LogP contribution in [0.4, 0.5) is 0 Å². The van der Waals surface area contributed by atoms with E-state index in [0.29, 0.717) is 12.6 Å². The third kappa shape index (κ3) is 3.47. The molecule has 2 N–H and O–H groups in total. The van der Waals surface area contributed by atoms with Gasteiger partial charge in [-0.2, -0.15) is 0 Å². The Morgan fingerprint density at radius 3 is 2.56 bits per heavy atom. The van der Waals surface area contributed by atoms with E-state index in [9.17, 15) is 5.11 Å². The van der Waals surface area contributed by atoms with Gasteiger partial charge in [-0.05, 0) is 18.4 Å². The van der Waals surface area contributed by atoms with Crippen molar-refractivity contribution in [2.24, 2.45) is 4.99 Å². The van der Waals surface area contributed by atoms with Gasteiger partial charge in [-0.3, -0.25) is 0 Å². The van der Waals surface area contributed by atoms with E-state index in [1.807, 2.05) is 37.2 Å². The highest BCUT2D eigenvalue weighted by Gasteiger charge is 2.28. The molecule has 1 aliphatic rings. The van der Waals surface area contributed by atoms with Gasteiger partial charge >= 0.3 is 0 Å². The number of benzene rings is 1. The maximum atomic E-state index is 9.28. The average molecular weight is 247 g/mol. The van der Waals surface area contributed by atoms with Crippen molar-refractivity contribution in [2.45, 2.75) is 31.5 Å². The predicted molar refractivity (Wildman–Crippen MR) is 73.4 cm³/mol. The van der Waals surface area contributed by atoms with E-state index in [0.717, 1.165) is 18.8 Å². The molecule has 1 saturated carbocycles. The largest absolute Gasteiger partial charge is 0.393 e. The number of aliphatic imine (C=N–C) groups is 1. The van der Waals surface area contributed by atoms with Crippen molar-refractivity contribution in [1.29, 1.82) is 0 Å². The number of aliphatic hydroxyl groups is 1. The van der Waals surface area contributed by atoms with Crippen LogP contribution in [0.3, 0.4) is 0 Å². The SMILES string of the molecule is CN(C)C(=NCc1ccccc1)NC1CC(O)C1. The molecule has 4 heteroatoms. The first kappa shape index (κ1) is 12.9. The predicted octanol–water partition coefficient (Wildman–Crippen LogP) is 1.22. The summed E-state index contributed by atoms with van der Waals surface area (Å²) in [5.41, 5.74) is 1.20. The van der Waals surface area contributed by atoms with Gasteiger partial charge in [0, 0.05) is 20.1 Å². The summed E-state index contributed by atoms with van der Waals surface area (Å²) < 4.78 is 0. The van der Waals surface area contributed by atoms with E-state index >= 15 is 0 Å². The average Bonchev–Trinajstić information content (AvgIpc) is 2.32. The molecule has 1 aromatic rings. The van der Waals surface area contributed by atoms with Crippen molar-refractivity contribution in [3.05, 3.63) is 35.9 Å². The van der Waals surface area contributed by atoms with Gasteiger partial charge < -0.3 is 15.3 Å². The van der Waals surface area contributed by atoms with Crippen LogP contribution in [0, 0.1) is 0 Å². The highest BCUT2D eigenvalue weighted by Crippen LogP contribution is 2.19. The quantitative estimate of drug-likeness (QED) is 0.623. The number of aliphatic hydroxyl groups excluding tert-OH is 1. The Morgan fingerprint density at radius 1 is 1.33 bits per heavy atom. The molecule has 0 saturated heterocycles. The van der Waals surface area contributed by atoms with Crippen LogP contribution in [-0.2, 0) is 6.54 Å². The minimum atomic E-state index is -0.139. The van der Waals surface area contributed by atoms with Gasteiger partial charge in [0.15, 0.2) is 5.96 Å². The summed E-state index contributed by atoms with van der Waals surface area (Å²) in [4.78, 5) is 6.57. The second-order valence-electron chi connectivity index (χ2n) is 4.99. The number of hydrogen-bond acceptors (Lipinski definition) is 2. The van der Waals surface area contributed by atoms with Crippen molar-refractivity contribution >= 4 is 5.96 Å². The van der Waals surface area contributed by atoms with Crippen molar-refractivity contribution < 1.29 is 5.11 Å². The molecule has 4 nitrogen and oxygen atoms in total. The van der Waals surface area contributed by atoms with Gasteiger partial charge in [-0.1, -0.05) is 30.3 Å². The van der Waals surface area contributed by atoms with Gasteiger partial charge in [0.05, 0.1) is 12.6 Å². The van der Waals surface area contributed by atoms with Gasteiger partial charge in [-0.25, -0.2) is 4.99 Å². The number of guanidine groups is 1. The van der Waals surface area contributed by atoms with E-state index in [2.05, 4.69) is 22.4 Å². The van der Waals surface area contributed by atoms with Crippen molar-refractivity contribution in [3.8, 4) is 0 Å². The first-order valence-electron chi connectivity index (χ1n) is 6.35. The molecular formula is C14H21N3O. The van der Waals surface area contributed by atoms with E-state index in [1.165, 1.54) is 5.56 Å². The normalized spacial score (nSPS) is 23.4. The molecule has 0 amide bonds. The summed E-state index contributed by atoms with van der Waals surface area (Å²) in [6, 6.07) is 10.6. The lowest BCUT2D eigenvalue weighted by molar-refractivity contribution is 0.0688. The zero-order valence-electron chi connectivity index (χ0n) is 11.0. The number of nitrogens with zero attached hydrogens (tertiary/aromatic N) is 2. The molecule has 1 fully saturated rings. The number of nitrogens with one attached hydrogen (secondary N) is 1. The third-order valence-corrected chi connectivity index (χ3v) is 3.12. The first-order valence-corrected chi connectivity index (χ1v) is 6.35.